The molecule has 0 amide bonds. The number of Topliss-reactive ketones (excluding diaryl/α,β-unsaturated/α-hetero) is 1. The van der Waals surface area contributed by atoms with Crippen LogP contribution in [0.4, 0.5) is 0 Å². The Labute approximate surface area is 123 Å². The first-order chi connectivity index (χ1) is 10.1. The van der Waals surface area contributed by atoms with E-state index >= 15 is 0 Å². The molecule has 0 radical (unpaired) electrons. The Balaban J connectivity index is 1.87. The Hall–Kier alpha value is -2.43. The second kappa shape index (κ2) is 5.52. The predicted molar refractivity (Wildman–Crippen MR) is 81.2 cm³/mol. The molecule has 21 heavy (non-hydrogen) atoms. The van der Waals surface area contributed by atoms with Crippen LogP contribution in [0.25, 0.3) is 12.2 Å². The van der Waals surface area contributed by atoms with Gasteiger partial charge in [0.05, 0.1) is 11.4 Å². The van der Waals surface area contributed by atoms with Crippen LogP contribution in [0.1, 0.15) is 30.7 Å². The van der Waals surface area contributed by atoms with E-state index in [9.17, 15) is 4.79 Å². The fourth-order valence-corrected chi connectivity index (χ4v) is 2.56. The van der Waals surface area contributed by atoms with Crippen molar-refractivity contribution < 1.29 is 4.79 Å². The molecule has 5 nitrogen and oxygen atoms in total. The minimum atomic E-state index is 0.123. The molecule has 0 aliphatic heterocycles. The number of aromatic nitrogens is 4. The smallest absolute Gasteiger partial charge is 0.185 e. The lowest BCUT2D eigenvalue weighted by atomic mass is 9.88. The molecule has 1 aliphatic rings. The van der Waals surface area contributed by atoms with Crippen LogP contribution in [0, 0.1) is 0 Å². The van der Waals surface area contributed by atoms with E-state index in [2.05, 4.69) is 10.2 Å². The maximum atomic E-state index is 12.5. The van der Waals surface area contributed by atoms with Crippen molar-refractivity contribution in [2.24, 2.45) is 14.1 Å². The zero-order chi connectivity index (χ0) is 14.8. The van der Waals surface area contributed by atoms with Crippen LogP contribution in [-0.2, 0) is 18.9 Å². The third-order valence-electron chi connectivity index (χ3n) is 3.59. The molecule has 1 aliphatic carbocycles. The number of allylic oxidation sites excluding steroid dienone is 2. The molecule has 0 aromatic carbocycles. The van der Waals surface area contributed by atoms with Gasteiger partial charge in [-0.25, -0.2) is 0 Å². The Morgan fingerprint density at radius 3 is 1.81 bits per heavy atom. The van der Waals surface area contributed by atoms with Crippen molar-refractivity contribution in [2.45, 2.75) is 19.3 Å². The molecule has 0 N–H and O–H groups in total. The number of hydrogen-bond donors (Lipinski definition) is 0. The highest BCUT2D eigenvalue weighted by Gasteiger charge is 2.21. The average Bonchev–Trinajstić information content (AvgIpc) is 3.03. The van der Waals surface area contributed by atoms with Crippen molar-refractivity contribution in [3.63, 3.8) is 0 Å². The Morgan fingerprint density at radius 1 is 0.952 bits per heavy atom. The number of carbonyl (C=O) groups excluding carboxylic acids is 1. The average molecular weight is 282 g/mol. The first-order valence-electron chi connectivity index (χ1n) is 7.07. The Morgan fingerprint density at radius 2 is 1.43 bits per heavy atom. The van der Waals surface area contributed by atoms with E-state index in [-0.39, 0.29) is 5.78 Å². The van der Waals surface area contributed by atoms with E-state index in [1.54, 1.807) is 9.36 Å². The molecule has 3 rings (SSSR count). The lowest BCUT2D eigenvalue weighted by Gasteiger charge is -2.15. The molecule has 0 spiro atoms. The molecule has 1 fully saturated rings. The summed E-state index contributed by atoms with van der Waals surface area (Å²) in [5.74, 6) is 0.123. The third-order valence-corrected chi connectivity index (χ3v) is 3.59. The van der Waals surface area contributed by atoms with E-state index in [0.29, 0.717) is 0 Å². The van der Waals surface area contributed by atoms with Gasteiger partial charge in [0.15, 0.2) is 5.78 Å². The lowest BCUT2D eigenvalue weighted by molar-refractivity contribution is -0.112. The van der Waals surface area contributed by atoms with Crippen LogP contribution in [0.3, 0.4) is 0 Å². The standard InChI is InChI=1S/C16H18N4O/c1-19-8-6-14(17-19)10-12-4-3-5-13(16(12)21)11-15-7-9-20(2)18-15/h6-11H,3-5H2,1-2H3/b12-10+,13-11+. The summed E-state index contributed by atoms with van der Waals surface area (Å²) in [4.78, 5) is 12.5. The fourth-order valence-electron chi connectivity index (χ4n) is 2.56. The summed E-state index contributed by atoms with van der Waals surface area (Å²) in [7, 11) is 3.74. The van der Waals surface area contributed by atoms with Crippen molar-refractivity contribution in [1.29, 1.82) is 0 Å². The van der Waals surface area contributed by atoms with E-state index in [0.717, 1.165) is 41.8 Å². The maximum Gasteiger partial charge on any atom is 0.185 e. The van der Waals surface area contributed by atoms with Gasteiger partial charge in [-0.3, -0.25) is 14.2 Å². The summed E-state index contributed by atoms with van der Waals surface area (Å²) < 4.78 is 3.48. The number of rotatable bonds is 2. The van der Waals surface area contributed by atoms with Gasteiger partial charge in [0.2, 0.25) is 0 Å². The number of hydrogen-bond acceptors (Lipinski definition) is 3. The fraction of sp³-hybridized carbons (Fsp3) is 0.312. The van der Waals surface area contributed by atoms with Crippen LogP contribution in [0.15, 0.2) is 35.7 Å². The normalized spacial score (nSPS) is 19.6. The molecule has 0 saturated heterocycles. The van der Waals surface area contributed by atoms with Gasteiger partial charge < -0.3 is 0 Å². The SMILES string of the molecule is Cn1ccc(/C=C2\CCC/C(=C\c3ccn(C)n3)C2=O)n1. The molecule has 108 valence electrons. The van der Waals surface area contributed by atoms with Crippen LogP contribution in [0.5, 0.6) is 0 Å². The molecule has 0 atom stereocenters. The highest BCUT2D eigenvalue weighted by Crippen LogP contribution is 2.27. The number of nitrogens with zero attached hydrogens (tertiary/aromatic N) is 4. The van der Waals surface area contributed by atoms with Gasteiger partial charge in [-0.05, 0) is 43.5 Å². The molecule has 2 heterocycles. The van der Waals surface area contributed by atoms with Crippen LogP contribution in [0.2, 0.25) is 0 Å². The second-order valence-electron chi connectivity index (χ2n) is 5.35. The predicted octanol–water partition coefficient (Wildman–Crippen LogP) is 2.37. The zero-order valence-corrected chi connectivity index (χ0v) is 12.3. The van der Waals surface area contributed by atoms with Gasteiger partial charge in [0.25, 0.3) is 0 Å². The summed E-state index contributed by atoms with van der Waals surface area (Å²) >= 11 is 0. The highest BCUT2D eigenvalue weighted by atomic mass is 16.1. The van der Waals surface area contributed by atoms with Crippen molar-refractivity contribution in [3.8, 4) is 0 Å². The van der Waals surface area contributed by atoms with Gasteiger partial charge in [-0.15, -0.1) is 0 Å². The largest absolute Gasteiger partial charge is 0.289 e. The topological polar surface area (TPSA) is 52.7 Å². The summed E-state index contributed by atoms with van der Waals surface area (Å²) in [5, 5.41) is 8.61. The van der Waals surface area contributed by atoms with Gasteiger partial charge in [-0.2, -0.15) is 10.2 Å². The number of aryl methyl sites for hydroxylation is 2. The van der Waals surface area contributed by atoms with Crippen molar-refractivity contribution in [1.82, 2.24) is 19.6 Å². The molecule has 2 aromatic heterocycles. The van der Waals surface area contributed by atoms with Gasteiger partial charge in [-0.1, -0.05) is 0 Å². The summed E-state index contributed by atoms with van der Waals surface area (Å²) in [6, 6.07) is 3.83. The second-order valence-corrected chi connectivity index (χ2v) is 5.35. The maximum absolute atomic E-state index is 12.5. The van der Waals surface area contributed by atoms with Gasteiger partial charge >= 0.3 is 0 Å². The lowest BCUT2D eigenvalue weighted by Crippen LogP contribution is -2.12. The van der Waals surface area contributed by atoms with Crippen LogP contribution in [-0.4, -0.2) is 25.3 Å². The highest BCUT2D eigenvalue weighted by molar-refractivity contribution is 6.13. The number of ketones is 1. The minimum Gasteiger partial charge on any atom is -0.289 e. The quantitative estimate of drug-likeness (QED) is 0.795. The van der Waals surface area contributed by atoms with E-state index in [1.165, 1.54) is 0 Å². The minimum absolute atomic E-state index is 0.123. The molecule has 2 aromatic rings. The molecular weight excluding hydrogens is 264 g/mol. The molecule has 0 unspecified atom stereocenters. The molecular formula is C16H18N4O. The van der Waals surface area contributed by atoms with Gasteiger partial charge in [0.1, 0.15) is 0 Å². The van der Waals surface area contributed by atoms with E-state index in [1.807, 2.05) is 50.8 Å². The van der Waals surface area contributed by atoms with Crippen LogP contribution < -0.4 is 0 Å². The summed E-state index contributed by atoms with van der Waals surface area (Å²) in [5.41, 5.74) is 3.34. The first kappa shape index (κ1) is 13.5. The summed E-state index contributed by atoms with van der Waals surface area (Å²) in [6.45, 7) is 0. The van der Waals surface area contributed by atoms with E-state index in [4.69, 9.17) is 0 Å². The number of carbonyl (C=O) groups is 1. The monoisotopic (exact) mass is 282 g/mol. The summed E-state index contributed by atoms with van der Waals surface area (Å²) in [6.07, 6.45) is 10.2. The first-order valence-corrected chi connectivity index (χ1v) is 7.07. The van der Waals surface area contributed by atoms with Crippen molar-refractivity contribution in [2.75, 3.05) is 0 Å². The van der Waals surface area contributed by atoms with E-state index < -0.39 is 0 Å². The van der Waals surface area contributed by atoms with Crippen molar-refractivity contribution >= 4 is 17.9 Å². The van der Waals surface area contributed by atoms with Gasteiger partial charge in [0, 0.05) is 37.6 Å². The molecule has 0 bridgehead atoms. The van der Waals surface area contributed by atoms with Crippen LogP contribution >= 0.6 is 0 Å². The Kier molecular flexibility index (Phi) is 3.56. The molecule has 1 saturated carbocycles. The zero-order valence-electron chi connectivity index (χ0n) is 12.3. The Bertz CT molecular complexity index is 673. The van der Waals surface area contributed by atoms with Crippen molar-refractivity contribution in [3.05, 3.63) is 47.1 Å². The third kappa shape index (κ3) is 3.02. The molecule has 5 heteroatoms.